The van der Waals surface area contributed by atoms with Gasteiger partial charge >= 0.3 is 0 Å². The number of hydrogen-bond acceptors (Lipinski definition) is 3. The van der Waals surface area contributed by atoms with Crippen LogP contribution in [0.5, 0.6) is 0 Å². The molecule has 0 aliphatic carbocycles. The monoisotopic (exact) mass is 412 g/mol. The number of hydrogen-bond donors (Lipinski definition) is 0. The SMILES string of the molecule is N#Cc1ccnc(-c2ccc(-c3cc4sc5ccccc5c4c4ccccc34)cc2)c1. The van der Waals surface area contributed by atoms with Crippen molar-refractivity contribution in [3.05, 3.63) is 103 Å². The van der Waals surface area contributed by atoms with Crippen LogP contribution in [0.25, 0.3) is 53.3 Å². The lowest BCUT2D eigenvalue weighted by Crippen LogP contribution is -1.86. The van der Waals surface area contributed by atoms with Crippen LogP contribution in [0.15, 0.2) is 97.2 Å². The number of aromatic nitrogens is 1. The molecule has 0 amide bonds. The number of nitriles is 1. The second-order valence-electron chi connectivity index (χ2n) is 7.56. The topological polar surface area (TPSA) is 36.7 Å². The van der Waals surface area contributed by atoms with Crippen LogP contribution in [0.1, 0.15) is 5.56 Å². The first-order chi connectivity index (χ1) is 15.3. The molecule has 4 aromatic carbocycles. The van der Waals surface area contributed by atoms with Gasteiger partial charge in [-0.3, -0.25) is 4.98 Å². The van der Waals surface area contributed by atoms with Gasteiger partial charge in [-0.1, -0.05) is 66.7 Å². The maximum atomic E-state index is 9.16. The quantitative estimate of drug-likeness (QED) is 0.291. The van der Waals surface area contributed by atoms with Gasteiger partial charge in [0.1, 0.15) is 0 Å². The van der Waals surface area contributed by atoms with Crippen molar-refractivity contribution < 1.29 is 0 Å². The summed E-state index contributed by atoms with van der Waals surface area (Å²) >= 11 is 1.85. The van der Waals surface area contributed by atoms with Crippen LogP contribution >= 0.6 is 11.3 Å². The largest absolute Gasteiger partial charge is 0.256 e. The third-order valence-electron chi connectivity index (χ3n) is 5.77. The Morgan fingerprint density at radius 2 is 1.39 bits per heavy atom. The van der Waals surface area contributed by atoms with Gasteiger partial charge < -0.3 is 0 Å². The second kappa shape index (κ2) is 7.05. The summed E-state index contributed by atoms with van der Waals surface area (Å²) in [6, 6.07) is 33.8. The molecule has 0 saturated carbocycles. The van der Waals surface area contributed by atoms with Crippen LogP contribution in [0.2, 0.25) is 0 Å². The van der Waals surface area contributed by atoms with Gasteiger partial charge in [-0.05, 0) is 46.2 Å². The molecule has 2 heterocycles. The Labute approximate surface area is 183 Å². The van der Waals surface area contributed by atoms with Crippen molar-refractivity contribution in [2.24, 2.45) is 0 Å². The Kier molecular flexibility index (Phi) is 4.06. The van der Waals surface area contributed by atoms with Gasteiger partial charge in [0, 0.05) is 31.9 Å². The molecular weight excluding hydrogens is 396 g/mol. The van der Waals surface area contributed by atoms with Crippen molar-refractivity contribution in [3.8, 4) is 28.5 Å². The van der Waals surface area contributed by atoms with Crippen molar-refractivity contribution in [2.45, 2.75) is 0 Å². The predicted molar refractivity (Wildman–Crippen MR) is 130 cm³/mol. The van der Waals surface area contributed by atoms with Crippen LogP contribution in [0.3, 0.4) is 0 Å². The molecule has 2 nitrogen and oxygen atoms in total. The van der Waals surface area contributed by atoms with Gasteiger partial charge in [0.2, 0.25) is 0 Å². The van der Waals surface area contributed by atoms with E-state index in [4.69, 9.17) is 5.26 Å². The van der Waals surface area contributed by atoms with Crippen LogP contribution in [-0.4, -0.2) is 4.98 Å². The first-order valence-corrected chi connectivity index (χ1v) is 10.9. The summed E-state index contributed by atoms with van der Waals surface area (Å²) in [6.45, 7) is 0. The molecule has 0 aliphatic rings. The Morgan fingerprint density at radius 3 is 2.19 bits per heavy atom. The lowest BCUT2D eigenvalue weighted by Gasteiger charge is -2.10. The third kappa shape index (κ3) is 2.89. The Hall–Kier alpha value is -4.00. The van der Waals surface area contributed by atoms with E-state index in [1.807, 2.05) is 17.4 Å². The minimum absolute atomic E-state index is 0.621. The lowest BCUT2D eigenvalue weighted by molar-refractivity contribution is 1.31. The number of rotatable bonds is 2. The maximum Gasteiger partial charge on any atom is 0.0992 e. The smallest absolute Gasteiger partial charge is 0.0992 e. The van der Waals surface area contributed by atoms with Crippen molar-refractivity contribution in [2.75, 3.05) is 0 Å². The van der Waals surface area contributed by atoms with E-state index < -0.39 is 0 Å². The highest BCUT2D eigenvalue weighted by Crippen LogP contribution is 2.42. The molecule has 0 radical (unpaired) electrons. The van der Waals surface area contributed by atoms with Gasteiger partial charge in [0.15, 0.2) is 0 Å². The van der Waals surface area contributed by atoms with Crippen molar-refractivity contribution in [1.29, 1.82) is 5.26 Å². The van der Waals surface area contributed by atoms with Gasteiger partial charge in [-0.15, -0.1) is 11.3 Å². The van der Waals surface area contributed by atoms with E-state index in [2.05, 4.69) is 89.9 Å². The molecule has 0 unspecified atom stereocenters. The van der Waals surface area contributed by atoms with Crippen molar-refractivity contribution in [3.63, 3.8) is 0 Å². The number of fused-ring (bicyclic) bond motifs is 5. The minimum atomic E-state index is 0.621. The van der Waals surface area contributed by atoms with Crippen LogP contribution in [-0.2, 0) is 0 Å². The summed E-state index contributed by atoms with van der Waals surface area (Å²) in [5.74, 6) is 0. The summed E-state index contributed by atoms with van der Waals surface area (Å²) in [5.41, 5.74) is 4.86. The molecular formula is C28H16N2S. The highest BCUT2D eigenvalue weighted by molar-refractivity contribution is 7.26. The molecule has 3 heteroatoms. The lowest BCUT2D eigenvalue weighted by atomic mass is 9.94. The Bertz CT molecular complexity index is 1640. The number of thiophene rings is 1. The molecule has 0 aliphatic heterocycles. The highest BCUT2D eigenvalue weighted by Gasteiger charge is 2.13. The Morgan fingerprint density at radius 1 is 0.677 bits per heavy atom. The fraction of sp³-hybridized carbons (Fsp3) is 0. The van der Waals surface area contributed by atoms with E-state index in [-0.39, 0.29) is 0 Å². The summed E-state index contributed by atoms with van der Waals surface area (Å²) < 4.78 is 2.63. The summed E-state index contributed by atoms with van der Waals surface area (Å²) in [6.07, 6.45) is 1.69. The van der Waals surface area contributed by atoms with E-state index >= 15 is 0 Å². The predicted octanol–water partition coefficient (Wildman–Crippen LogP) is 7.81. The van der Waals surface area contributed by atoms with Crippen LogP contribution in [0.4, 0.5) is 0 Å². The minimum Gasteiger partial charge on any atom is -0.256 e. The van der Waals surface area contributed by atoms with Crippen molar-refractivity contribution >= 4 is 42.3 Å². The standard InChI is InChI=1S/C28H16N2S/c29-17-18-13-14-30-25(15-18)20-11-9-19(10-12-20)24-16-27-28(22-6-2-1-5-21(22)24)23-7-3-4-8-26(23)31-27/h1-16H. The molecule has 144 valence electrons. The molecule has 0 N–H and O–H groups in total. The first kappa shape index (κ1) is 17.8. The average molecular weight is 413 g/mol. The van der Waals surface area contributed by atoms with Gasteiger partial charge in [-0.25, -0.2) is 0 Å². The molecule has 0 fully saturated rings. The summed E-state index contributed by atoms with van der Waals surface area (Å²) in [5, 5.41) is 14.4. The van der Waals surface area contributed by atoms with Gasteiger partial charge in [0.05, 0.1) is 17.3 Å². The van der Waals surface area contributed by atoms with Gasteiger partial charge in [0.25, 0.3) is 0 Å². The van der Waals surface area contributed by atoms with Crippen LogP contribution < -0.4 is 0 Å². The normalized spacial score (nSPS) is 11.2. The fourth-order valence-electron chi connectivity index (χ4n) is 4.31. The molecule has 0 bridgehead atoms. The molecule has 31 heavy (non-hydrogen) atoms. The number of nitrogens with zero attached hydrogens (tertiary/aromatic N) is 2. The molecule has 6 rings (SSSR count). The highest BCUT2D eigenvalue weighted by atomic mass is 32.1. The molecule has 0 atom stereocenters. The number of benzene rings is 4. The van der Waals surface area contributed by atoms with Gasteiger partial charge in [-0.2, -0.15) is 5.26 Å². The second-order valence-corrected chi connectivity index (χ2v) is 8.64. The summed E-state index contributed by atoms with van der Waals surface area (Å²) in [7, 11) is 0. The van der Waals surface area contributed by atoms with E-state index in [9.17, 15) is 0 Å². The van der Waals surface area contributed by atoms with E-state index in [0.717, 1.165) is 11.3 Å². The average Bonchev–Trinajstić information content (AvgIpc) is 3.22. The molecule has 2 aromatic heterocycles. The Balaban J connectivity index is 1.55. The molecule has 6 aromatic rings. The maximum absolute atomic E-state index is 9.16. The zero-order valence-electron chi connectivity index (χ0n) is 16.5. The molecule has 0 spiro atoms. The van der Waals surface area contributed by atoms with E-state index in [1.165, 1.54) is 42.1 Å². The third-order valence-corrected chi connectivity index (χ3v) is 6.88. The molecule has 0 saturated heterocycles. The van der Waals surface area contributed by atoms with Crippen molar-refractivity contribution in [1.82, 2.24) is 4.98 Å². The zero-order chi connectivity index (χ0) is 20.8. The van der Waals surface area contributed by atoms with Crippen LogP contribution in [0, 0.1) is 11.3 Å². The van der Waals surface area contributed by atoms with E-state index in [1.54, 1.807) is 12.3 Å². The first-order valence-electron chi connectivity index (χ1n) is 10.1. The zero-order valence-corrected chi connectivity index (χ0v) is 17.4. The summed E-state index contributed by atoms with van der Waals surface area (Å²) in [4.78, 5) is 4.43. The number of pyridine rings is 1. The van der Waals surface area contributed by atoms with E-state index in [0.29, 0.717) is 5.56 Å². The fourth-order valence-corrected chi connectivity index (χ4v) is 5.47.